The molecule has 1 saturated heterocycles. The molecule has 18 heavy (non-hydrogen) atoms. The smallest absolute Gasteiger partial charge is 0.221 e. The highest BCUT2D eigenvalue weighted by Gasteiger charge is 2.22. The highest BCUT2D eigenvalue weighted by atomic mass is 32.2. The molecule has 2 atom stereocenters. The first-order valence-electron chi connectivity index (χ1n) is 6.65. The van der Waals surface area contributed by atoms with E-state index in [4.69, 9.17) is 0 Å². The number of thioether (sulfide) groups is 1. The summed E-state index contributed by atoms with van der Waals surface area (Å²) < 4.78 is 0. The number of hydrogen-bond donors (Lipinski definition) is 3. The molecule has 0 aromatic heterocycles. The van der Waals surface area contributed by atoms with Crippen molar-refractivity contribution < 1.29 is 9.90 Å². The Balaban J connectivity index is 2.23. The zero-order chi connectivity index (χ0) is 13.6. The Labute approximate surface area is 114 Å². The second-order valence-corrected chi connectivity index (χ2v) is 7.07. The molecule has 5 heteroatoms. The molecule has 0 spiro atoms. The van der Waals surface area contributed by atoms with Gasteiger partial charge in [0, 0.05) is 37.1 Å². The number of carbonyl (C=O) groups is 1. The number of carbonyl (C=O) groups excluding carboxylic acids is 1. The largest absolute Gasteiger partial charge is 0.393 e. The van der Waals surface area contributed by atoms with Gasteiger partial charge >= 0.3 is 0 Å². The van der Waals surface area contributed by atoms with Gasteiger partial charge in [0.05, 0.1) is 6.10 Å². The molecular weight excluding hydrogens is 248 g/mol. The summed E-state index contributed by atoms with van der Waals surface area (Å²) in [4.78, 5) is 11.8. The topological polar surface area (TPSA) is 61.4 Å². The molecule has 1 heterocycles. The molecule has 0 bridgehead atoms. The van der Waals surface area contributed by atoms with Crippen LogP contribution in [0.4, 0.5) is 0 Å². The zero-order valence-corrected chi connectivity index (χ0v) is 12.5. The van der Waals surface area contributed by atoms with Crippen molar-refractivity contribution in [3.63, 3.8) is 0 Å². The molecule has 0 saturated carbocycles. The van der Waals surface area contributed by atoms with Gasteiger partial charge in [0.25, 0.3) is 0 Å². The summed E-state index contributed by atoms with van der Waals surface area (Å²) in [5.41, 5.74) is -0.0570. The molecule has 4 nitrogen and oxygen atoms in total. The number of aliphatic hydroxyl groups is 1. The van der Waals surface area contributed by atoms with Gasteiger partial charge in [0.15, 0.2) is 0 Å². The van der Waals surface area contributed by atoms with Gasteiger partial charge in [-0.05, 0) is 18.8 Å². The lowest BCUT2D eigenvalue weighted by Gasteiger charge is -2.27. The summed E-state index contributed by atoms with van der Waals surface area (Å²) in [7, 11) is 0. The fraction of sp³-hybridized carbons (Fsp3) is 0.923. The van der Waals surface area contributed by atoms with Crippen molar-refractivity contribution in [1.29, 1.82) is 0 Å². The molecule has 106 valence electrons. The molecule has 2 unspecified atom stereocenters. The van der Waals surface area contributed by atoms with Gasteiger partial charge in [-0.15, -0.1) is 0 Å². The van der Waals surface area contributed by atoms with Crippen LogP contribution >= 0.6 is 11.8 Å². The van der Waals surface area contributed by atoms with Crippen molar-refractivity contribution >= 4 is 17.7 Å². The number of aliphatic hydroxyl groups excluding tert-OH is 1. The van der Waals surface area contributed by atoms with E-state index in [1.807, 2.05) is 11.8 Å². The van der Waals surface area contributed by atoms with E-state index in [0.717, 1.165) is 18.1 Å². The highest BCUT2D eigenvalue weighted by molar-refractivity contribution is 7.99. The molecule has 0 aromatic rings. The Kier molecular flexibility index (Phi) is 6.46. The summed E-state index contributed by atoms with van der Waals surface area (Å²) in [6.07, 6.45) is 0.927. The molecule has 1 amide bonds. The van der Waals surface area contributed by atoms with Crippen molar-refractivity contribution in [2.24, 2.45) is 5.41 Å². The minimum absolute atomic E-state index is 0.0570. The Morgan fingerprint density at radius 2 is 2.33 bits per heavy atom. The quantitative estimate of drug-likeness (QED) is 0.676. The number of amides is 1. The van der Waals surface area contributed by atoms with Crippen LogP contribution in [-0.4, -0.2) is 47.8 Å². The Hall–Kier alpha value is -0.260. The average Bonchev–Trinajstić information content (AvgIpc) is 2.26. The molecule has 3 N–H and O–H groups in total. The van der Waals surface area contributed by atoms with Gasteiger partial charge in [-0.25, -0.2) is 0 Å². The van der Waals surface area contributed by atoms with Crippen molar-refractivity contribution in [1.82, 2.24) is 10.6 Å². The van der Waals surface area contributed by atoms with Gasteiger partial charge in [0.1, 0.15) is 0 Å². The average molecular weight is 274 g/mol. The van der Waals surface area contributed by atoms with Crippen LogP contribution in [0.1, 0.15) is 33.6 Å². The van der Waals surface area contributed by atoms with Crippen molar-refractivity contribution in [3.05, 3.63) is 0 Å². The predicted octanol–water partition coefficient (Wildman–Crippen LogP) is 0.995. The minimum atomic E-state index is -0.326. The molecule has 1 rings (SSSR count). The molecule has 1 fully saturated rings. The van der Waals surface area contributed by atoms with Gasteiger partial charge < -0.3 is 15.7 Å². The van der Waals surface area contributed by atoms with Crippen LogP contribution < -0.4 is 10.6 Å². The van der Waals surface area contributed by atoms with Crippen molar-refractivity contribution in [3.8, 4) is 0 Å². The van der Waals surface area contributed by atoms with Gasteiger partial charge in [-0.3, -0.25) is 4.79 Å². The fourth-order valence-corrected chi connectivity index (χ4v) is 3.21. The Morgan fingerprint density at radius 1 is 1.61 bits per heavy atom. The number of nitrogens with one attached hydrogen (secondary N) is 2. The van der Waals surface area contributed by atoms with E-state index in [0.29, 0.717) is 25.4 Å². The van der Waals surface area contributed by atoms with Crippen LogP contribution in [0, 0.1) is 5.41 Å². The first-order valence-corrected chi connectivity index (χ1v) is 7.80. The lowest BCUT2D eigenvalue weighted by molar-refractivity contribution is -0.122. The van der Waals surface area contributed by atoms with E-state index in [2.05, 4.69) is 24.5 Å². The van der Waals surface area contributed by atoms with E-state index in [-0.39, 0.29) is 17.4 Å². The highest BCUT2D eigenvalue weighted by Crippen LogP contribution is 2.21. The van der Waals surface area contributed by atoms with Crippen LogP contribution in [0.5, 0.6) is 0 Å². The van der Waals surface area contributed by atoms with Crippen LogP contribution in [0.25, 0.3) is 0 Å². The second-order valence-electron chi connectivity index (χ2n) is 5.92. The van der Waals surface area contributed by atoms with Crippen LogP contribution in [0.15, 0.2) is 0 Å². The third kappa shape index (κ3) is 6.61. The van der Waals surface area contributed by atoms with Crippen molar-refractivity contribution in [2.75, 3.05) is 24.6 Å². The third-order valence-corrected chi connectivity index (χ3v) is 4.17. The Morgan fingerprint density at radius 3 is 2.89 bits per heavy atom. The van der Waals surface area contributed by atoms with Gasteiger partial charge in [-0.1, -0.05) is 13.8 Å². The van der Waals surface area contributed by atoms with E-state index < -0.39 is 0 Å². The maximum Gasteiger partial charge on any atom is 0.221 e. The first-order chi connectivity index (χ1) is 8.39. The molecule has 0 aliphatic carbocycles. The predicted molar refractivity (Wildman–Crippen MR) is 76.8 cm³/mol. The molecule has 0 aromatic carbocycles. The zero-order valence-electron chi connectivity index (χ0n) is 11.7. The van der Waals surface area contributed by atoms with E-state index in [1.54, 1.807) is 6.92 Å². The van der Waals surface area contributed by atoms with Crippen LogP contribution in [0.3, 0.4) is 0 Å². The van der Waals surface area contributed by atoms with E-state index in [1.165, 1.54) is 0 Å². The molecule has 0 radical (unpaired) electrons. The summed E-state index contributed by atoms with van der Waals surface area (Å²) in [6, 6.07) is 0.309. The summed E-state index contributed by atoms with van der Waals surface area (Å²) in [5, 5.41) is 15.7. The van der Waals surface area contributed by atoms with Crippen LogP contribution in [-0.2, 0) is 4.79 Å². The van der Waals surface area contributed by atoms with Gasteiger partial charge in [-0.2, -0.15) is 11.8 Å². The SMILES string of the molecule is CC(O)CC(C)(C)CNC(=O)CC1CSCCN1. The lowest BCUT2D eigenvalue weighted by atomic mass is 9.87. The van der Waals surface area contributed by atoms with E-state index >= 15 is 0 Å². The van der Waals surface area contributed by atoms with Gasteiger partial charge in [0.2, 0.25) is 5.91 Å². The summed E-state index contributed by atoms with van der Waals surface area (Å²) >= 11 is 1.90. The maximum atomic E-state index is 11.8. The Bertz CT molecular complexity index is 264. The normalized spacial score (nSPS) is 22.6. The fourth-order valence-electron chi connectivity index (χ4n) is 2.26. The number of hydrogen-bond acceptors (Lipinski definition) is 4. The first kappa shape index (κ1) is 15.8. The molecule has 1 aliphatic heterocycles. The standard InChI is InChI=1S/C13H26N2O2S/c1-10(16)7-13(2,3)9-15-12(17)6-11-8-18-5-4-14-11/h10-11,14,16H,4-9H2,1-3H3,(H,15,17). The monoisotopic (exact) mass is 274 g/mol. The minimum Gasteiger partial charge on any atom is -0.393 e. The lowest BCUT2D eigenvalue weighted by Crippen LogP contribution is -2.43. The summed E-state index contributed by atoms with van der Waals surface area (Å²) in [5.74, 6) is 2.26. The maximum absolute atomic E-state index is 11.8. The summed E-state index contributed by atoms with van der Waals surface area (Å²) in [6.45, 7) is 7.53. The van der Waals surface area contributed by atoms with Crippen molar-refractivity contribution in [2.45, 2.75) is 45.8 Å². The second kappa shape index (κ2) is 7.36. The molecular formula is C13H26N2O2S. The molecule has 1 aliphatic rings. The van der Waals surface area contributed by atoms with E-state index in [9.17, 15) is 9.90 Å². The third-order valence-electron chi connectivity index (χ3n) is 3.04. The number of rotatable bonds is 6. The van der Waals surface area contributed by atoms with Crippen LogP contribution in [0.2, 0.25) is 0 Å².